The molecule has 2 N–H and O–H groups in total. The van der Waals surface area contributed by atoms with Gasteiger partial charge in [-0.1, -0.05) is 6.92 Å². The summed E-state index contributed by atoms with van der Waals surface area (Å²) in [7, 11) is -3.22. The van der Waals surface area contributed by atoms with Crippen molar-refractivity contribution in [2.75, 3.05) is 25.9 Å². The molecule has 0 rings (SSSR count). The predicted molar refractivity (Wildman–Crippen MR) is 75.7 cm³/mol. The molecule has 0 heterocycles. The Hall–Kier alpha value is -1.41. The third-order valence-corrected chi connectivity index (χ3v) is 4.29. The Morgan fingerprint density at radius 1 is 1.20 bits per heavy atom. The normalized spacial score (nSPS) is 13.1. The Morgan fingerprint density at radius 2 is 1.75 bits per heavy atom. The fraction of sp³-hybridized carbons (Fsp3) is 0.667. The smallest absolute Gasteiger partial charge is 0.331 e. The number of carbonyl (C=O) groups excluding carboxylic acids is 1. The maximum absolute atomic E-state index is 11.6. The van der Waals surface area contributed by atoms with Crippen LogP contribution in [0.15, 0.2) is 11.1 Å². The second-order valence-electron chi connectivity index (χ2n) is 4.42. The summed E-state index contributed by atoms with van der Waals surface area (Å²) < 4.78 is 24.0. The van der Waals surface area contributed by atoms with E-state index in [0.717, 1.165) is 6.26 Å². The first-order valence-corrected chi connectivity index (χ1v) is 8.10. The lowest BCUT2D eigenvalue weighted by molar-refractivity contribution is -0.133. The number of sulfonamides is 1. The number of rotatable bonds is 8. The summed E-state index contributed by atoms with van der Waals surface area (Å²) in [4.78, 5) is 22.3. The molecule has 116 valence electrons. The van der Waals surface area contributed by atoms with E-state index in [1.54, 1.807) is 6.92 Å². The summed E-state index contributed by atoms with van der Waals surface area (Å²) in [6.07, 6.45) is 1.60. The zero-order valence-electron chi connectivity index (χ0n) is 12.3. The minimum absolute atomic E-state index is 0.00572. The maximum atomic E-state index is 11.6. The molecule has 0 aliphatic rings. The molecule has 0 aliphatic carbocycles. The van der Waals surface area contributed by atoms with Crippen LogP contribution >= 0.6 is 0 Å². The average Bonchev–Trinajstić information content (AvgIpc) is 2.34. The third kappa shape index (κ3) is 6.16. The van der Waals surface area contributed by atoms with Crippen LogP contribution in [0.1, 0.15) is 27.2 Å². The number of nitrogens with zero attached hydrogens (tertiary/aromatic N) is 1. The van der Waals surface area contributed by atoms with E-state index in [2.05, 4.69) is 5.32 Å². The van der Waals surface area contributed by atoms with Gasteiger partial charge in [-0.25, -0.2) is 17.5 Å². The lowest BCUT2D eigenvalue weighted by Gasteiger charge is -2.17. The van der Waals surface area contributed by atoms with Crippen molar-refractivity contribution >= 4 is 21.9 Å². The van der Waals surface area contributed by atoms with Crippen LogP contribution in [0.25, 0.3) is 0 Å². The van der Waals surface area contributed by atoms with Crippen LogP contribution in [0.2, 0.25) is 0 Å². The Balaban J connectivity index is 4.30. The van der Waals surface area contributed by atoms with Gasteiger partial charge in [0.05, 0.1) is 6.26 Å². The molecule has 0 fully saturated rings. The van der Waals surface area contributed by atoms with Crippen LogP contribution in [0, 0.1) is 0 Å². The topological polar surface area (TPSA) is 104 Å². The average molecular weight is 306 g/mol. The van der Waals surface area contributed by atoms with E-state index in [4.69, 9.17) is 5.11 Å². The van der Waals surface area contributed by atoms with E-state index in [1.807, 2.05) is 0 Å². The maximum Gasteiger partial charge on any atom is 0.331 e. The molecule has 0 aromatic carbocycles. The summed E-state index contributed by atoms with van der Waals surface area (Å²) in [5, 5.41) is 11.3. The number of nitrogens with one attached hydrogen (secondary N) is 1. The molecule has 0 saturated heterocycles. The molecule has 0 aliphatic heterocycles. The zero-order chi connectivity index (χ0) is 15.9. The molecule has 0 unspecified atom stereocenters. The number of amides is 1. The highest BCUT2D eigenvalue weighted by Gasteiger charge is 2.14. The van der Waals surface area contributed by atoms with Gasteiger partial charge in [0.25, 0.3) is 0 Å². The first-order chi connectivity index (χ1) is 9.11. The van der Waals surface area contributed by atoms with Crippen LogP contribution < -0.4 is 5.32 Å². The van der Waals surface area contributed by atoms with Gasteiger partial charge in [0, 0.05) is 30.8 Å². The lowest BCUT2D eigenvalue weighted by Crippen LogP contribution is -2.33. The molecule has 0 atom stereocenters. The van der Waals surface area contributed by atoms with E-state index < -0.39 is 21.9 Å². The number of hydrogen-bond acceptors (Lipinski definition) is 4. The number of carbonyl (C=O) groups is 2. The molecular weight excluding hydrogens is 284 g/mol. The monoisotopic (exact) mass is 306 g/mol. The van der Waals surface area contributed by atoms with Crippen molar-refractivity contribution in [2.45, 2.75) is 27.2 Å². The van der Waals surface area contributed by atoms with E-state index in [0.29, 0.717) is 19.5 Å². The van der Waals surface area contributed by atoms with Crippen LogP contribution in [0.3, 0.4) is 0 Å². The molecule has 8 heteroatoms. The molecule has 1 amide bonds. The minimum Gasteiger partial charge on any atom is -0.478 e. The molecule has 0 spiro atoms. The number of hydrogen-bond donors (Lipinski definition) is 2. The van der Waals surface area contributed by atoms with Gasteiger partial charge in [0.2, 0.25) is 15.9 Å². The first-order valence-electron chi connectivity index (χ1n) is 6.25. The Labute approximate surface area is 119 Å². The summed E-state index contributed by atoms with van der Waals surface area (Å²) in [5.41, 5.74) is 0.141. The van der Waals surface area contributed by atoms with Crippen molar-refractivity contribution in [3.8, 4) is 0 Å². The Morgan fingerprint density at radius 3 is 2.15 bits per heavy atom. The van der Waals surface area contributed by atoms with Crippen molar-refractivity contribution < 1.29 is 23.1 Å². The quantitative estimate of drug-likeness (QED) is 0.492. The van der Waals surface area contributed by atoms with Crippen LogP contribution in [0.5, 0.6) is 0 Å². The Bertz CT molecular complexity index is 496. The van der Waals surface area contributed by atoms with Gasteiger partial charge >= 0.3 is 5.97 Å². The summed E-state index contributed by atoms with van der Waals surface area (Å²) in [5.74, 6) is -1.58. The molecule has 0 bridgehead atoms. The fourth-order valence-electron chi connectivity index (χ4n) is 1.48. The predicted octanol–water partition coefficient (Wildman–Crippen LogP) is 0.195. The van der Waals surface area contributed by atoms with Gasteiger partial charge in [-0.3, -0.25) is 4.79 Å². The number of carboxylic acid groups (broad SMARTS) is 1. The van der Waals surface area contributed by atoms with E-state index in [1.165, 1.54) is 18.2 Å². The largest absolute Gasteiger partial charge is 0.478 e. The SMILES string of the molecule is CCN(CCCNC(=O)C(C)=C(C)C(=O)O)S(C)(=O)=O. The van der Waals surface area contributed by atoms with Crippen LogP contribution in [0.4, 0.5) is 0 Å². The van der Waals surface area contributed by atoms with Crippen LogP contribution in [-0.4, -0.2) is 55.6 Å². The van der Waals surface area contributed by atoms with Gasteiger partial charge in [-0.15, -0.1) is 0 Å². The minimum atomic E-state index is -3.22. The van der Waals surface area contributed by atoms with E-state index >= 15 is 0 Å². The third-order valence-electron chi connectivity index (χ3n) is 2.92. The Kier molecular flexibility index (Phi) is 7.44. The summed E-state index contributed by atoms with van der Waals surface area (Å²) >= 11 is 0. The second-order valence-corrected chi connectivity index (χ2v) is 6.40. The first kappa shape index (κ1) is 18.6. The molecule has 0 aromatic rings. The van der Waals surface area contributed by atoms with Crippen LogP contribution in [-0.2, 0) is 19.6 Å². The van der Waals surface area contributed by atoms with Gasteiger partial charge < -0.3 is 10.4 Å². The highest BCUT2D eigenvalue weighted by atomic mass is 32.2. The fourth-order valence-corrected chi connectivity index (χ4v) is 2.41. The molecule has 0 radical (unpaired) electrons. The standard InChI is InChI=1S/C12H22N2O5S/c1-5-14(20(4,18)19)8-6-7-13-11(15)9(2)10(3)12(16)17/h5-8H2,1-4H3,(H,13,15)(H,16,17). The number of carboxylic acids is 1. The van der Waals surface area contributed by atoms with Crippen molar-refractivity contribution in [1.82, 2.24) is 9.62 Å². The highest BCUT2D eigenvalue weighted by Crippen LogP contribution is 2.03. The molecule has 0 saturated carbocycles. The second kappa shape index (κ2) is 8.01. The van der Waals surface area contributed by atoms with Crippen molar-refractivity contribution in [1.29, 1.82) is 0 Å². The molecule has 20 heavy (non-hydrogen) atoms. The molecule has 7 nitrogen and oxygen atoms in total. The lowest BCUT2D eigenvalue weighted by atomic mass is 10.1. The van der Waals surface area contributed by atoms with Crippen molar-refractivity contribution in [3.63, 3.8) is 0 Å². The molecular formula is C12H22N2O5S. The van der Waals surface area contributed by atoms with Crippen molar-refractivity contribution in [3.05, 3.63) is 11.1 Å². The summed E-state index contributed by atoms with van der Waals surface area (Å²) in [6.45, 7) is 5.52. The van der Waals surface area contributed by atoms with E-state index in [9.17, 15) is 18.0 Å². The highest BCUT2D eigenvalue weighted by molar-refractivity contribution is 7.88. The zero-order valence-corrected chi connectivity index (χ0v) is 13.1. The summed E-state index contributed by atoms with van der Waals surface area (Å²) in [6, 6.07) is 0. The molecule has 0 aromatic heterocycles. The van der Waals surface area contributed by atoms with Gasteiger partial charge in [-0.05, 0) is 20.3 Å². The van der Waals surface area contributed by atoms with Gasteiger partial charge in [0.15, 0.2) is 0 Å². The van der Waals surface area contributed by atoms with Gasteiger partial charge in [0.1, 0.15) is 0 Å². The number of aliphatic carboxylic acids is 1. The van der Waals surface area contributed by atoms with E-state index in [-0.39, 0.29) is 17.7 Å². The van der Waals surface area contributed by atoms with Crippen molar-refractivity contribution in [2.24, 2.45) is 0 Å². The van der Waals surface area contributed by atoms with Gasteiger partial charge in [-0.2, -0.15) is 0 Å².